The third kappa shape index (κ3) is 2.88. The summed E-state index contributed by atoms with van der Waals surface area (Å²) < 4.78 is 0. The average Bonchev–Trinajstić information content (AvgIpc) is 2.23. The van der Waals surface area contributed by atoms with Crippen LogP contribution < -0.4 is 0 Å². The van der Waals surface area contributed by atoms with Gasteiger partial charge in [0.1, 0.15) is 5.69 Å². The van der Waals surface area contributed by atoms with Gasteiger partial charge in [-0.25, -0.2) is 4.98 Å². The molecular formula is C12H15N3O. The molecule has 0 spiro atoms. The fraction of sp³-hybridized carbons (Fsp3) is 0.417. The molecule has 0 fully saturated rings. The lowest BCUT2D eigenvalue weighted by Gasteiger charge is -2.14. The van der Waals surface area contributed by atoms with E-state index in [2.05, 4.69) is 15.9 Å². The van der Waals surface area contributed by atoms with Crippen LogP contribution in [-0.2, 0) is 6.54 Å². The van der Waals surface area contributed by atoms with Crippen molar-refractivity contribution in [2.45, 2.75) is 20.4 Å². The topological polar surface area (TPSA) is 46.1 Å². The lowest BCUT2D eigenvalue weighted by Crippen LogP contribution is -2.20. The summed E-state index contributed by atoms with van der Waals surface area (Å²) in [6.45, 7) is 4.83. The second-order valence-corrected chi connectivity index (χ2v) is 3.72. The Morgan fingerprint density at radius 3 is 2.62 bits per heavy atom. The summed E-state index contributed by atoms with van der Waals surface area (Å²) in [6, 6.07) is 0. The summed E-state index contributed by atoms with van der Waals surface area (Å²) >= 11 is 0. The Morgan fingerprint density at radius 1 is 1.38 bits per heavy atom. The van der Waals surface area contributed by atoms with Crippen LogP contribution in [0.15, 0.2) is 0 Å². The molecule has 1 aromatic heterocycles. The largest absolute Gasteiger partial charge is 0.296 e. The molecule has 4 heteroatoms. The van der Waals surface area contributed by atoms with Crippen molar-refractivity contribution in [3.05, 3.63) is 22.8 Å². The van der Waals surface area contributed by atoms with Crippen molar-refractivity contribution in [3.8, 4) is 12.3 Å². The maximum absolute atomic E-state index is 10.7. The van der Waals surface area contributed by atoms with Crippen LogP contribution in [0, 0.1) is 26.2 Å². The highest BCUT2D eigenvalue weighted by Crippen LogP contribution is 2.08. The van der Waals surface area contributed by atoms with Gasteiger partial charge in [-0.15, -0.1) is 6.42 Å². The van der Waals surface area contributed by atoms with E-state index >= 15 is 0 Å². The number of aryl methyl sites for hydroxylation is 2. The Balaban J connectivity index is 2.94. The van der Waals surface area contributed by atoms with Crippen LogP contribution in [0.2, 0.25) is 0 Å². The predicted octanol–water partition coefficient (Wildman–Crippen LogP) is 0.971. The quantitative estimate of drug-likeness (QED) is 0.557. The number of rotatable bonds is 4. The molecule has 0 saturated carbocycles. The normalized spacial score (nSPS) is 10.2. The highest BCUT2D eigenvalue weighted by atomic mass is 16.1. The first-order chi connectivity index (χ1) is 7.58. The van der Waals surface area contributed by atoms with Gasteiger partial charge in [0.25, 0.3) is 0 Å². The van der Waals surface area contributed by atoms with Gasteiger partial charge >= 0.3 is 0 Å². The predicted molar refractivity (Wildman–Crippen MR) is 62.1 cm³/mol. The fourth-order valence-corrected chi connectivity index (χ4v) is 1.40. The first-order valence-electron chi connectivity index (χ1n) is 4.99. The summed E-state index contributed by atoms with van der Waals surface area (Å²) in [6.07, 6.45) is 5.95. The number of nitrogens with zero attached hydrogens (tertiary/aromatic N) is 3. The van der Waals surface area contributed by atoms with Gasteiger partial charge in [0.15, 0.2) is 6.29 Å². The van der Waals surface area contributed by atoms with Crippen LogP contribution in [0.1, 0.15) is 27.6 Å². The van der Waals surface area contributed by atoms with E-state index in [1.54, 1.807) is 6.92 Å². The van der Waals surface area contributed by atoms with Crippen LogP contribution in [-0.4, -0.2) is 34.7 Å². The second-order valence-electron chi connectivity index (χ2n) is 3.72. The number of carbonyl (C=O) groups excluding carboxylic acids is 1. The molecule has 0 radical (unpaired) electrons. The lowest BCUT2D eigenvalue weighted by atomic mass is 10.2. The summed E-state index contributed by atoms with van der Waals surface area (Å²) in [4.78, 5) is 21.2. The van der Waals surface area contributed by atoms with Gasteiger partial charge in [-0.3, -0.25) is 14.7 Å². The average molecular weight is 217 g/mol. The van der Waals surface area contributed by atoms with Gasteiger partial charge in [-0.05, 0) is 20.9 Å². The Morgan fingerprint density at radius 2 is 2.06 bits per heavy atom. The molecule has 0 saturated heterocycles. The van der Waals surface area contributed by atoms with Crippen LogP contribution in [0.4, 0.5) is 0 Å². The molecule has 1 heterocycles. The highest BCUT2D eigenvalue weighted by molar-refractivity contribution is 5.73. The van der Waals surface area contributed by atoms with Crippen molar-refractivity contribution >= 4 is 6.29 Å². The van der Waals surface area contributed by atoms with E-state index in [4.69, 9.17) is 6.42 Å². The standard InChI is InChI=1S/C12H15N3O/c1-5-6-15(4)7-11-9(2)14-12(8-16)10(3)13-11/h1,8H,6-7H2,2-4H3. The van der Waals surface area contributed by atoms with Crippen molar-refractivity contribution < 1.29 is 4.79 Å². The molecule has 0 bridgehead atoms. The van der Waals surface area contributed by atoms with E-state index in [1.807, 2.05) is 18.9 Å². The molecule has 0 aliphatic carbocycles. The zero-order valence-electron chi connectivity index (χ0n) is 9.82. The van der Waals surface area contributed by atoms with Crippen molar-refractivity contribution in [1.82, 2.24) is 14.9 Å². The van der Waals surface area contributed by atoms with Crippen LogP contribution in [0.3, 0.4) is 0 Å². The molecule has 84 valence electrons. The summed E-state index contributed by atoms with van der Waals surface area (Å²) in [5.74, 6) is 2.57. The van der Waals surface area contributed by atoms with Gasteiger partial charge in [0, 0.05) is 6.54 Å². The van der Waals surface area contributed by atoms with Crippen molar-refractivity contribution in [1.29, 1.82) is 0 Å². The van der Waals surface area contributed by atoms with Gasteiger partial charge in [0.05, 0.1) is 23.6 Å². The zero-order chi connectivity index (χ0) is 12.1. The Bertz CT molecular complexity index is 435. The molecule has 4 nitrogen and oxygen atoms in total. The molecular weight excluding hydrogens is 202 g/mol. The first-order valence-corrected chi connectivity index (χ1v) is 4.99. The van der Waals surface area contributed by atoms with E-state index < -0.39 is 0 Å². The van der Waals surface area contributed by atoms with E-state index in [0.29, 0.717) is 24.5 Å². The second kappa shape index (κ2) is 5.38. The summed E-state index contributed by atoms with van der Waals surface area (Å²) in [7, 11) is 1.92. The maximum atomic E-state index is 10.7. The number of aldehydes is 1. The van der Waals surface area contributed by atoms with Crippen molar-refractivity contribution in [2.24, 2.45) is 0 Å². The molecule has 1 rings (SSSR count). The Hall–Kier alpha value is -1.73. The van der Waals surface area contributed by atoms with E-state index in [9.17, 15) is 4.79 Å². The van der Waals surface area contributed by atoms with Crippen LogP contribution >= 0.6 is 0 Å². The first kappa shape index (κ1) is 12.3. The number of hydrogen-bond donors (Lipinski definition) is 0. The monoisotopic (exact) mass is 217 g/mol. The van der Waals surface area contributed by atoms with Crippen LogP contribution in [0.25, 0.3) is 0 Å². The van der Waals surface area contributed by atoms with Crippen molar-refractivity contribution in [2.75, 3.05) is 13.6 Å². The summed E-state index contributed by atoms with van der Waals surface area (Å²) in [5, 5.41) is 0. The van der Waals surface area contributed by atoms with Gasteiger partial charge in [0.2, 0.25) is 0 Å². The number of aromatic nitrogens is 2. The van der Waals surface area contributed by atoms with Gasteiger partial charge in [-0.2, -0.15) is 0 Å². The third-order valence-electron chi connectivity index (χ3n) is 2.27. The number of carbonyl (C=O) groups is 1. The SMILES string of the molecule is C#CCN(C)Cc1nc(C)c(C=O)nc1C. The summed E-state index contributed by atoms with van der Waals surface area (Å²) in [5.41, 5.74) is 2.70. The Labute approximate surface area is 95.7 Å². The minimum Gasteiger partial charge on any atom is -0.296 e. The van der Waals surface area contributed by atoms with Gasteiger partial charge < -0.3 is 0 Å². The van der Waals surface area contributed by atoms with Gasteiger partial charge in [-0.1, -0.05) is 5.92 Å². The Kier molecular flexibility index (Phi) is 4.15. The minimum atomic E-state index is 0.404. The van der Waals surface area contributed by atoms with E-state index in [1.165, 1.54) is 0 Å². The number of hydrogen-bond acceptors (Lipinski definition) is 4. The molecule has 0 atom stereocenters. The molecule has 0 unspecified atom stereocenters. The lowest BCUT2D eigenvalue weighted by molar-refractivity contribution is 0.111. The fourth-order valence-electron chi connectivity index (χ4n) is 1.40. The molecule has 16 heavy (non-hydrogen) atoms. The van der Waals surface area contributed by atoms with Crippen LogP contribution in [0.5, 0.6) is 0 Å². The third-order valence-corrected chi connectivity index (χ3v) is 2.27. The molecule has 0 aliphatic heterocycles. The molecule has 0 amide bonds. The van der Waals surface area contributed by atoms with E-state index in [-0.39, 0.29) is 0 Å². The molecule has 1 aromatic rings. The highest BCUT2D eigenvalue weighted by Gasteiger charge is 2.09. The molecule has 0 aromatic carbocycles. The number of terminal acetylenes is 1. The van der Waals surface area contributed by atoms with Crippen molar-refractivity contribution in [3.63, 3.8) is 0 Å². The molecule has 0 aliphatic rings. The van der Waals surface area contributed by atoms with E-state index in [0.717, 1.165) is 17.7 Å². The zero-order valence-corrected chi connectivity index (χ0v) is 9.82. The minimum absolute atomic E-state index is 0.404. The smallest absolute Gasteiger partial charge is 0.170 e. The maximum Gasteiger partial charge on any atom is 0.170 e. The molecule has 0 N–H and O–H groups in total.